The van der Waals surface area contributed by atoms with Crippen LogP contribution in [0.2, 0.25) is 0 Å². The molecule has 156 valence electrons. The Kier molecular flexibility index (Phi) is 6.54. The molecule has 2 N–H and O–H groups in total. The van der Waals surface area contributed by atoms with Gasteiger partial charge in [-0.25, -0.2) is 8.42 Å². The molecule has 0 saturated carbocycles. The first-order valence-electron chi connectivity index (χ1n) is 9.39. The number of methoxy groups -OCH3 is 1. The van der Waals surface area contributed by atoms with Gasteiger partial charge in [-0.1, -0.05) is 48.5 Å². The number of para-hydroxylation sites is 1. The van der Waals surface area contributed by atoms with E-state index >= 15 is 0 Å². The van der Waals surface area contributed by atoms with Crippen molar-refractivity contribution in [1.29, 1.82) is 0 Å². The number of amides is 1. The Morgan fingerprint density at radius 2 is 1.47 bits per heavy atom. The van der Waals surface area contributed by atoms with Gasteiger partial charge in [-0.15, -0.1) is 0 Å². The van der Waals surface area contributed by atoms with Crippen LogP contribution in [0.4, 0.5) is 11.4 Å². The highest BCUT2D eigenvalue weighted by molar-refractivity contribution is 7.92. The minimum absolute atomic E-state index is 0.106. The Morgan fingerprint density at radius 1 is 0.867 bits per heavy atom. The van der Waals surface area contributed by atoms with Crippen LogP contribution in [0.1, 0.15) is 22.8 Å². The van der Waals surface area contributed by atoms with Gasteiger partial charge in [0, 0.05) is 12.8 Å². The molecule has 0 radical (unpaired) electrons. The topological polar surface area (TPSA) is 84.5 Å². The zero-order chi connectivity index (χ0) is 21.7. The van der Waals surface area contributed by atoms with Crippen molar-refractivity contribution in [3.8, 4) is 0 Å². The van der Waals surface area contributed by atoms with Gasteiger partial charge in [0.1, 0.15) is 0 Å². The molecule has 0 aliphatic carbocycles. The van der Waals surface area contributed by atoms with E-state index in [1.54, 1.807) is 12.1 Å². The van der Waals surface area contributed by atoms with E-state index in [4.69, 9.17) is 4.74 Å². The SMILES string of the molecule is CO[C@@H](C(=O)Nc1ccc(S(=O)(=O)Nc2c(C)cccc2C)cc1)c1ccccc1. The average molecular weight is 425 g/mol. The van der Waals surface area contributed by atoms with Crippen LogP contribution in [-0.2, 0) is 19.6 Å². The molecule has 30 heavy (non-hydrogen) atoms. The lowest BCUT2D eigenvalue weighted by Gasteiger charge is -2.16. The number of ether oxygens (including phenoxy) is 1. The van der Waals surface area contributed by atoms with E-state index in [0.717, 1.165) is 16.7 Å². The first-order valence-corrected chi connectivity index (χ1v) is 10.9. The van der Waals surface area contributed by atoms with E-state index in [0.29, 0.717) is 11.4 Å². The largest absolute Gasteiger partial charge is 0.367 e. The monoisotopic (exact) mass is 424 g/mol. The van der Waals surface area contributed by atoms with Crippen molar-refractivity contribution in [3.63, 3.8) is 0 Å². The highest BCUT2D eigenvalue weighted by Gasteiger charge is 2.21. The third-order valence-corrected chi connectivity index (χ3v) is 6.09. The zero-order valence-corrected chi connectivity index (χ0v) is 17.9. The van der Waals surface area contributed by atoms with Crippen molar-refractivity contribution in [1.82, 2.24) is 0 Å². The molecular formula is C23H24N2O4S. The number of hydrogen-bond donors (Lipinski definition) is 2. The minimum atomic E-state index is -3.75. The first kappa shape index (κ1) is 21.5. The van der Waals surface area contributed by atoms with Crippen LogP contribution in [0.25, 0.3) is 0 Å². The van der Waals surface area contributed by atoms with E-state index in [1.165, 1.54) is 19.2 Å². The van der Waals surface area contributed by atoms with Crippen molar-refractivity contribution in [3.05, 3.63) is 89.5 Å². The van der Waals surface area contributed by atoms with Gasteiger partial charge in [-0.2, -0.15) is 0 Å². The van der Waals surface area contributed by atoms with Gasteiger partial charge in [0.25, 0.3) is 15.9 Å². The molecule has 0 aliphatic rings. The summed E-state index contributed by atoms with van der Waals surface area (Å²) >= 11 is 0. The molecule has 0 fully saturated rings. The van der Waals surface area contributed by atoms with Gasteiger partial charge >= 0.3 is 0 Å². The van der Waals surface area contributed by atoms with Crippen molar-refractivity contribution < 1.29 is 17.9 Å². The molecule has 0 spiro atoms. The fourth-order valence-corrected chi connectivity index (χ4v) is 4.32. The molecule has 1 amide bonds. The maximum Gasteiger partial charge on any atom is 0.261 e. The minimum Gasteiger partial charge on any atom is -0.367 e. The lowest BCUT2D eigenvalue weighted by molar-refractivity contribution is -0.126. The summed E-state index contributed by atoms with van der Waals surface area (Å²) in [6.45, 7) is 3.70. The summed E-state index contributed by atoms with van der Waals surface area (Å²) in [7, 11) is -2.29. The molecule has 3 aromatic carbocycles. The molecule has 3 aromatic rings. The lowest BCUT2D eigenvalue weighted by atomic mass is 10.1. The summed E-state index contributed by atoms with van der Waals surface area (Å²) in [5.41, 5.74) is 3.46. The summed E-state index contributed by atoms with van der Waals surface area (Å²) in [5, 5.41) is 2.76. The van der Waals surface area contributed by atoms with Gasteiger partial charge < -0.3 is 10.1 Å². The van der Waals surface area contributed by atoms with E-state index in [2.05, 4.69) is 10.0 Å². The molecule has 0 saturated heterocycles. The molecule has 1 atom stereocenters. The molecular weight excluding hydrogens is 400 g/mol. The van der Waals surface area contributed by atoms with Crippen LogP contribution in [0, 0.1) is 13.8 Å². The molecule has 0 bridgehead atoms. The standard InChI is InChI=1S/C23H24N2O4S/c1-16-8-7-9-17(2)21(16)25-30(27,28)20-14-12-19(13-15-20)24-23(26)22(29-3)18-10-5-4-6-11-18/h4-15,22,25H,1-3H3,(H,24,26)/t22-/m1/s1. The number of hydrogen-bond acceptors (Lipinski definition) is 4. The number of nitrogens with one attached hydrogen (secondary N) is 2. The highest BCUT2D eigenvalue weighted by atomic mass is 32.2. The van der Waals surface area contributed by atoms with Crippen molar-refractivity contribution in [2.45, 2.75) is 24.8 Å². The van der Waals surface area contributed by atoms with Gasteiger partial charge in [-0.3, -0.25) is 9.52 Å². The van der Waals surface area contributed by atoms with Gasteiger partial charge in [0.05, 0.1) is 10.6 Å². The number of benzene rings is 3. The van der Waals surface area contributed by atoms with Crippen molar-refractivity contribution >= 4 is 27.3 Å². The molecule has 7 heteroatoms. The number of aryl methyl sites for hydroxylation is 2. The van der Waals surface area contributed by atoms with Crippen LogP contribution < -0.4 is 10.0 Å². The molecule has 0 aliphatic heterocycles. The molecule has 0 heterocycles. The maximum atomic E-state index is 12.8. The summed E-state index contributed by atoms with van der Waals surface area (Å²) in [5.74, 6) is -0.340. The maximum absolute atomic E-state index is 12.8. The van der Waals surface area contributed by atoms with E-state index in [-0.39, 0.29) is 10.8 Å². The number of sulfonamides is 1. The predicted molar refractivity (Wildman–Crippen MR) is 118 cm³/mol. The van der Waals surface area contributed by atoms with E-state index < -0.39 is 16.1 Å². The van der Waals surface area contributed by atoms with E-state index in [1.807, 2.05) is 62.4 Å². The summed E-state index contributed by atoms with van der Waals surface area (Å²) < 4.78 is 33.5. The van der Waals surface area contributed by atoms with Crippen molar-refractivity contribution in [2.24, 2.45) is 0 Å². The lowest BCUT2D eigenvalue weighted by Crippen LogP contribution is -2.22. The fourth-order valence-electron chi connectivity index (χ4n) is 3.12. The Morgan fingerprint density at radius 3 is 2.03 bits per heavy atom. The Balaban J connectivity index is 1.75. The second kappa shape index (κ2) is 9.11. The van der Waals surface area contributed by atoms with Gasteiger partial charge in [0.2, 0.25) is 0 Å². The molecule has 0 unspecified atom stereocenters. The summed E-state index contributed by atoms with van der Waals surface area (Å²) in [4.78, 5) is 12.7. The normalized spacial score (nSPS) is 12.2. The third-order valence-electron chi connectivity index (χ3n) is 4.73. The average Bonchev–Trinajstić information content (AvgIpc) is 2.73. The van der Waals surface area contributed by atoms with Crippen LogP contribution in [0.3, 0.4) is 0 Å². The summed E-state index contributed by atoms with van der Waals surface area (Å²) in [6.07, 6.45) is -0.764. The first-order chi connectivity index (χ1) is 14.3. The Hall–Kier alpha value is -3.16. The van der Waals surface area contributed by atoms with Crippen LogP contribution in [0.5, 0.6) is 0 Å². The smallest absolute Gasteiger partial charge is 0.261 e. The predicted octanol–water partition coefficient (Wildman–Crippen LogP) is 4.43. The Bertz CT molecular complexity index is 1110. The number of carbonyl (C=O) groups excluding carboxylic acids is 1. The quantitative estimate of drug-likeness (QED) is 0.588. The highest BCUT2D eigenvalue weighted by Crippen LogP contribution is 2.25. The number of anilines is 2. The second-order valence-electron chi connectivity index (χ2n) is 6.91. The van der Waals surface area contributed by atoms with Crippen LogP contribution >= 0.6 is 0 Å². The van der Waals surface area contributed by atoms with Gasteiger partial charge in [0.15, 0.2) is 6.10 Å². The third kappa shape index (κ3) is 4.87. The Labute approximate surface area is 177 Å². The van der Waals surface area contributed by atoms with Crippen LogP contribution in [-0.4, -0.2) is 21.4 Å². The molecule has 0 aromatic heterocycles. The van der Waals surface area contributed by atoms with Crippen LogP contribution in [0.15, 0.2) is 77.7 Å². The van der Waals surface area contributed by atoms with Gasteiger partial charge in [-0.05, 0) is 54.8 Å². The van der Waals surface area contributed by atoms with E-state index in [9.17, 15) is 13.2 Å². The number of carbonyl (C=O) groups is 1. The molecule has 3 rings (SSSR count). The second-order valence-corrected chi connectivity index (χ2v) is 8.59. The van der Waals surface area contributed by atoms with Crippen molar-refractivity contribution in [2.75, 3.05) is 17.1 Å². The molecule has 6 nitrogen and oxygen atoms in total. The number of rotatable bonds is 7. The fraction of sp³-hybridized carbons (Fsp3) is 0.174. The zero-order valence-electron chi connectivity index (χ0n) is 17.0. The summed E-state index contributed by atoms with van der Waals surface area (Å²) in [6, 6.07) is 20.7.